The first-order chi connectivity index (χ1) is 8.10. The molecule has 0 heterocycles. The predicted molar refractivity (Wildman–Crippen MR) is 67.9 cm³/mol. The summed E-state index contributed by atoms with van der Waals surface area (Å²) in [5, 5.41) is 15.0. The number of likely N-dealkylation sites (N-methyl/N-ethyl adjacent to an activating group) is 1. The van der Waals surface area contributed by atoms with Crippen LogP contribution in [-0.2, 0) is 4.79 Å². The summed E-state index contributed by atoms with van der Waals surface area (Å²) in [6.07, 6.45) is 0. The van der Waals surface area contributed by atoms with Crippen LogP contribution in [0.3, 0.4) is 0 Å². The smallest absolute Gasteiger partial charge is 0.242 e. The van der Waals surface area contributed by atoms with E-state index in [2.05, 4.69) is 10.6 Å². The fraction of sp³-hybridized carbons (Fsp3) is 0.333. The van der Waals surface area contributed by atoms with Crippen LogP contribution in [0.15, 0.2) is 18.2 Å². The molecule has 5 heteroatoms. The second kappa shape index (κ2) is 6.12. The third kappa shape index (κ3) is 3.36. The van der Waals surface area contributed by atoms with Crippen LogP contribution in [0.5, 0.6) is 0 Å². The molecular formula is C12H14ClN3O. The Kier molecular flexibility index (Phi) is 4.80. The summed E-state index contributed by atoms with van der Waals surface area (Å²) < 4.78 is 0. The summed E-state index contributed by atoms with van der Waals surface area (Å²) in [5.74, 6) is -0.114. The van der Waals surface area contributed by atoms with E-state index in [0.29, 0.717) is 22.8 Å². The molecule has 0 aliphatic carbocycles. The zero-order valence-corrected chi connectivity index (χ0v) is 10.5. The number of nitrogens with zero attached hydrogens (tertiary/aromatic N) is 1. The van der Waals surface area contributed by atoms with E-state index in [1.165, 1.54) is 0 Å². The number of rotatable bonds is 4. The summed E-state index contributed by atoms with van der Waals surface area (Å²) >= 11 is 5.89. The summed E-state index contributed by atoms with van der Waals surface area (Å²) in [4.78, 5) is 11.5. The Bertz CT molecular complexity index is 454. The zero-order valence-electron chi connectivity index (χ0n) is 9.75. The van der Waals surface area contributed by atoms with E-state index in [9.17, 15) is 4.79 Å². The number of halogens is 1. The molecule has 1 aromatic rings. The highest BCUT2D eigenvalue weighted by Crippen LogP contribution is 2.23. The van der Waals surface area contributed by atoms with Crippen molar-refractivity contribution in [3.63, 3.8) is 0 Å². The number of benzene rings is 1. The van der Waals surface area contributed by atoms with Crippen molar-refractivity contribution in [3.8, 4) is 6.07 Å². The first-order valence-electron chi connectivity index (χ1n) is 5.33. The molecule has 2 N–H and O–H groups in total. The molecule has 1 rings (SSSR count). The molecule has 0 spiro atoms. The van der Waals surface area contributed by atoms with Gasteiger partial charge in [-0.15, -0.1) is 0 Å². The number of hydrogen-bond donors (Lipinski definition) is 2. The molecule has 4 nitrogen and oxygen atoms in total. The molecular weight excluding hydrogens is 238 g/mol. The number of hydrogen-bond acceptors (Lipinski definition) is 3. The van der Waals surface area contributed by atoms with Gasteiger partial charge in [0.15, 0.2) is 0 Å². The molecule has 0 saturated carbocycles. The first-order valence-corrected chi connectivity index (χ1v) is 5.70. The maximum atomic E-state index is 11.5. The highest BCUT2D eigenvalue weighted by Gasteiger charge is 2.14. The molecule has 0 aromatic heterocycles. The maximum absolute atomic E-state index is 11.5. The van der Waals surface area contributed by atoms with Gasteiger partial charge in [0, 0.05) is 6.54 Å². The van der Waals surface area contributed by atoms with Crippen LogP contribution in [0, 0.1) is 11.3 Å². The Morgan fingerprint density at radius 3 is 2.88 bits per heavy atom. The summed E-state index contributed by atoms with van der Waals surface area (Å²) in [7, 11) is 0. The number of nitriles is 1. The molecule has 0 bridgehead atoms. The highest BCUT2D eigenvalue weighted by atomic mass is 35.5. The second-order valence-electron chi connectivity index (χ2n) is 3.53. The Morgan fingerprint density at radius 1 is 1.59 bits per heavy atom. The van der Waals surface area contributed by atoms with Gasteiger partial charge in [0.2, 0.25) is 5.91 Å². The molecule has 1 aromatic carbocycles. The molecule has 0 radical (unpaired) electrons. The Morgan fingerprint density at radius 2 is 2.29 bits per heavy atom. The lowest BCUT2D eigenvalue weighted by Gasteiger charge is -2.15. The number of nitrogens with one attached hydrogen (secondary N) is 2. The lowest BCUT2D eigenvalue weighted by atomic mass is 10.1. The topological polar surface area (TPSA) is 64.9 Å². The quantitative estimate of drug-likeness (QED) is 0.862. The molecule has 0 aliphatic heterocycles. The van der Waals surface area contributed by atoms with Gasteiger partial charge in [0.25, 0.3) is 0 Å². The van der Waals surface area contributed by atoms with Crippen molar-refractivity contribution in [2.45, 2.75) is 19.9 Å². The van der Waals surface area contributed by atoms with Crippen LogP contribution >= 0.6 is 11.6 Å². The summed E-state index contributed by atoms with van der Waals surface area (Å²) in [6.45, 7) is 4.16. The fourth-order valence-electron chi connectivity index (χ4n) is 1.38. The van der Waals surface area contributed by atoms with E-state index in [0.717, 1.165) is 0 Å². The molecule has 0 fully saturated rings. The number of amides is 1. The Hall–Kier alpha value is -1.73. The third-order valence-corrected chi connectivity index (χ3v) is 2.56. The van der Waals surface area contributed by atoms with Crippen LogP contribution in [0.2, 0.25) is 5.02 Å². The third-order valence-electron chi connectivity index (χ3n) is 2.24. The number of carbonyl (C=O) groups excluding carboxylic acids is 1. The normalized spacial score (nSPS) is 11.4. The molecule has 1 atom stereocenters. The zero-order chi connectivity index (χ0) is 12.8. The van der Waals surface area contributed by atoms with E-state index in [-0.39, 0.29) is 5.91 Å². The van der Waals surface area contributed by atoms with Crippen molar-refractivity contribution < 1.29 is 4.79 Å². The van der Waals surface area contributed by atoms with Crippen LogP contribution in [0.4, 0.5) is 5.69 Å². The number of anilines is 1. The summed E-state index contributed by atoms with van der Waals surface area (Å²) in [6, 6.07) is 6.69. The minimum atomic E-state index is -0.416. The van der Waals surface area contributed by atoms with Crippen molar-refractivity contribution in [2.24, 2.45) is 0 Å². The van der Waals surface area contributed by atoms with Crippen molar-refractivity contribution >= 4 is 23.2 Å². The molecule has 90 valence electrons. The second-order valence-corrected chi connectivity index (χ2v) is 3.94. The lowest BCUT2D eigenvalue weighted by Crippen LogP contribution is -2.37. The van der Waals surface area contributed by atoms with Gasteiger partial charge in [0.05, 0.1) is 16.3 Å². The van der Waals surface area contributed by atoms with Crippen LogP contribution in [0.1, 0.15) is 19.4 Å². The van der Waals surface area contributed by atoms with Crippen molar-refractivity contribution in [1.82, 2.24) is 5.32 Å². The molecule has 1 unspecified atom stereocenters. The van der Waals surface area contributed by atoms with E-state index in [1.54, 1.807) is 25.1 Å². The number of carbonyl (C=O) groups is 1. The van der Waals surface area contributed by atoms with Gasteiger partial charge in [-0.25, -0.2) is 0 Å². The maximum Gasteiger partial charge on any atom is 0.242 e. The van der Waals surface area contributed by atoms with Gasteiger partial charge >= 0.3 is 0 Å². The van der Waals surface area contributed by atoms with Gasteiger partial charge in [-0.1, -0.05) is 17.7 Å². The van der Waals surface area contributed by atoms with Crippen LogP contribution < -0.4 is 10.6 Å². The minimum absolute atomic E-state index is 0.114. The average Bonchev–Trinajstić information content (AvgIpc) is 2.29. The molecule has 1 amide bonds. The Balaban J connectivity index is 2.86. The summed E-state index contributed by atoms with van der Waals surface area (Å²) in [5.41, 5.74) is 0.920. The SMILES string of the molecule is CCNC(=O)C(C)Nc1cccc(Cl)c1C#N. The van der Waals surface area contributed by atoms with E-state index < -0.39 is 6.04 Å². The average molecular weight is 252 g/mol. The molecule has 17 heavy (non-hydrogen) atoms. The highest BCUT2D eigenvalue weighted by molar-refractivity contribution is 6.32. The van der Waals surface area contributed by atoms with Gasteiger partial charge in [-0.2, -0.15) is 5.26 Å². The van der Waals surface area contributed by atoms with Crippen molar-refractivity contribution in [3.05, 3.63) is 28.8 Å². The van der Waals surface area contributed by atoms with Gasteiger partial charge < -0.3 is 10.6 Å². The Labute approximate surface area is 106 Å². The standard InChI is InChI=1S/C12H14ClN3O/c1-3-15-12(17)8(2)16-11-6-4-5-10(13)9(11)7-14/h4-6,8,16H,3H2,1-2H3,(H,15,17). The largest absolute Gasteiger partial charge is 0.373 e. The van der Waals surface area contributed by atoms with Crippen LogP contribution in [0.25, 0.3) is 0 Å². The molecule has 0 saturated heterocycles. The van der Waals surface area contributed by atoms with Gasteiger partial charge in [0.1, 0.15) is 12.1 Å². The van der Waals surface area contributed by atoms with Crippen molar-refractivity contribution in [1.29, 1.82) is 5.26 Å². The van der Waals surface area contributed by atoms with Crippen molar-refractivity contribution in [2.75, 3.05) is 11.9 Å². The minimum Gasteiger partial charge on any atom is -0.373 e. The fourth-order valence-corrected chi connectivity index (χ4v) is 1.60. The van der Waals surface area contributed by atoms with E-state index in [4.69, 9.17) is 16.9 Å². The van der Waals surface area contributed by atoms with Gasteiger partial charge in [-0.3, -0.25) is 4.79 Å². The monoisotopic (exact) mass is 251 g/mol. The van der Waals surface area contributed by atoms with Gasteiger partial charge in [-0.05, 0) is 26.0 Å². The van der Waals surface area contributed by atoms with Crippen LogP contribution in [-0.4, -0.2) is 18.5 Å². The first kappa shape index (κ1) is 13.3. The van der Waals surface area contributed by atoms with E-state index in [1.807, 2.05) is 13.0 Å². The lowest BCUT2D eigenvalue weighted by molar-refractivity contribution is -0.121. The predicted octanol–water partition coefficient (Wildman–Crippen LogP) is 2.15. The van der Waals surface area contributed by atoms with E-state index >= 15 is 0 Å². The molecule has 0 aliphatic rings.